The summed E-state index contributed by atoms with van der Waals surface area (Å²) in [5, 5.41) is 2.83. The van der Waals surface area contributed by atoms with Crippen molar-refractivity contribution < 1.29 is 13.9 Å². The van der Waals surface area contributed by atoms with Gasteiger partial charge in [0.25, 0.3) is 0 Å². The summed E-state index contributed by atoms with van der Waals surface area (Å²) < 4.78 is 18.5. The standard InChI is InChI=1S/C12H17FN2O2/c1-12(15-2,11(14)16)7-8-17-10-6-4-3-5-9(10)13/h3-6,15H,7-8H2,1-2H3,(H2,14,16). The molecule has 1 aromatic rings. The van der Waals surface area contributed by atoms with Crippen LogP contribution in [0.15, 0.2) is 24.3 Å². The molecule has 3 N–H and O–H groups in total. The number of carbonyl (C=O) groups is 1. The summed E-state index contributed by atoms with van der Waals surface area (Å²) in [6.07, 6.45) is 0.368. The molecule has 1 unspecified atom stereocenters. The molecular weight excluding hydrogens is 223 g/mol. The first-order valence-corrected chi connectivity index (χ1v) is 5.36. The Bertz CT molecular complexity index is 398. The van der Waals surface area contributed by atoms with E-state index in [0.29, 0.717) is 6.42 Å². The molecule has 0 heterocycles. The van der Waals surface area contributed by atoms with E-state index in [4.69, 9.17) is 10.5 Å². The number of nitrogens with two attached hydrogens (primary N) is 1. The van der Waals surface area contributed by atoms with E-state index >= 15 is 0 Å². The van der Waals surface area contributed by atoms with Crippen molar-refractivity contribution in [3.63, 3.8) is 0 Å². The SMILES string of the molecule is CNC(C)(CCOc1ccccc1F)C(N)=O. The molecule has 1 atom stereocenters. The number of amides is 1. The minimum Gasteiger partial charge on any atom is -0.490 e. The van der Waals surface area contributed by atoms with E-state index in [1.165, 1.54) is 12.1 Å². The Morgan fingerprint density at radius 3 is 2.71 bits per heavy atom. The van der Waals surface area contributed by atoms with E-state index in [1.807, 2.05) is 0 Å². The molecule has 0 radical (unpaired) electrons. The first kappa shape index (κ1) is 13.4. The minimum absolute atomic E-state index is 0.176. The maximum atomic E-state index is 13.2. The van der Waals surface area contributed by atoms with E-state index in [9.17, 15) is 9.18 Å². The summed E-state index contributed by atoms with van der Waals surface area (Å²) in [6.45, 7) is 1.89. The maximum Gasteiger partial charge on any atom is 0.237 e. The number of para-hydroxylation sites is 1. The smallest absolute Gasteiger partial charge is 0.237 e. The van der Waals surface area contributed by atoms with Crippen molar-refractivity contribution in [2.24, 2.45) is 5.73 Å². The average Bonchev–Trinajstić information content (AvgIpc) is 2.31. The fourth-order valence-electron chi connectivity index (χ4n) is 1.30. The fourth-order valence-corrected chi connectivity index (χ4v) is 1.30. The Hall–Kier alpha value is -1.62. The van der Waals surface area contributed by atoms with Crippen LogP contribution in [-0.2, 0) is 4.79 Å². The Morgan fingerprint density at radius 1 is 1.53 bits per heavy atom. The number of primary amides is 1. The molecule has 1 rings (SSSR count). The number of hydrogen-bond donors (Lipinski definition) is 2. The lowest BCUT2D eigenvalue weighted by atomic mass is 9.98. The normalized spacial score (nSPS) is 14.1. The van der Waals surface area contributed by atoms with Gasteiger partial charge in [-0.15, -0.1) is 0 Å². The van der Waals surface area contributed by atoms with Gasteiger partial charge in [0.2, 0.25) is 5.91 Å². The van der Waals surface area contributed by atoms with Crippen LogP contribution in [0.25, 0.3) is 0 Å². The molecule has 5 heteroatoms. The molecule has 17 heavy (non-hydrogen) atoms. The molecule has 0 spiro atoms. The molecule has 0 fully saturated rings. The molecule has 1 amide bonds. The quantitative estimate of drug-likeness (QED) is 0.781. The third kappa shape index (κ3) is 3.42. The van der Waals surface area contributed by atoms with Gasteiger partial charge in [-0.05, 0) is 26.1 Å². The molecular formula is C12H17FN2O2. The van der Waals surface area contributed by atoms with Gasteiger partial charge in [0.15, 0.2) is 11.6 Å². The number of ether oxygens (including phenoxy) is 1. The van der Waals surface area contributed by atoms with Gasteiger partial charge in [0.1, 0.15) is 0 Å². The molecule has 0 saturated carbocycles. The number of carbonyl (C=O) groups excluding carboxylic acids is 1. The van der Waals surface area contributed by atoms with E-state index in [-0.39, 0.29) is 12.4 Å². The van der Waals surface area contributed by atoms with E-state index in [0.717, 1.165) is 0 Å². The predicted molar refractivity (Wildman–Crippen MR) is 63.2 cm³/mol. The zero-order chi connectivity index (χ0) is 12.9. The van der Waals surface area contributed by atoms with Crippen LogP contribution in [0.5, 0.6) is 5.75 Å². The van der Waals surface area contributed by atoms with Crippen molar-refractivity contribution in [1.82, 2.24) is 5.32 Å². The van der Waals surface area contributed by atoms with Crippen molar-refractivity contribution in [2.75, 3.05) is 13.7 Å². The van der Waals surface area contributed by atoms with Gasteiger partial charge in [0, 0.05) is 6.42 Å². The van der Waals surface area contributed by atoms with Crippen molar-refractivity contribution >= 4 is 5.91 Å². The Kier molecular flexibility index (Phi) is 4.45. The summed E-state index contributed by atoms with van der Waals surface area (Å²) >= 11 is 0. The van der Waals surface area contributed by atoms with Crippen molar-refractivity contribution in [1.29, 1.82) is 0 Å². The lowest BCUT2D eigenvalue weighted by Gasteiger charge is -2.25. The van der Waals surface area contributed by atoms with Gasteiger partial charge in [-0.1, -0.05) is 12.1 Å². The topological polar surface area (TPSA) is 64.3 Å². The number of nitrogens with one attached hydrogen (secondary N) is 1. The lowest BCUT2D eigenvalue weighted by Crippen LogP contribution is -2.52. The average molecular weight is 240 g/mol. The maximum absolute atomic E-state index is 13.2. The van der Waals surface area contributed by atoms with Crippen LogP contribution in [0.1, 0.15) is 13.3 Å². The molecule has 0 saturated heterocycles. The zero-order valence-corrected chi connectivity index (χ0v) is 10.00. The number of rotatable bonds is 6. The molecule has 4 nitrogen and oxygen atoms in total. The van der Waals surface area contributed by atoms with Gasteiger partial charge in [0.05, 0.1) is 12.1 Å². The Morgan fingerprint density at radius 2 is 2.18 bits per heavy atom. The highest BCUT2D eigenvalue weighted by atomic mass is 19.1. The van der Waals surface area contributed by atoms with Crippen LogP contribution >= 0.6 is 0 Å². The number of benzene rings is 1. The lowest BCUT2D eigenvalue weighted by molar-refractivity contribution is -0.124. The number of hydrogen-bond acceptors (Lipinski definition) is 3. The summed E-state index contributed by atoms with van der Waals surface area (Å²) in [6, 6.07) is 6.13. The molecule has 0 bridgehead atoms. The molecule has 94 valence electrons. The predicted octanol–water partition coefficient (Wildman–Crippen LogP) is 1.06. The fraction of sp³-hybridized carbons (Fsp3) is 0.417. The minimum atomic E-state index is -0.842. The van der Waals surface area contributed by atoms with Crippen LogP contribution in [0.2, 0.25) is 0 Å². The van der Waals surface area contributed by atoms with Gasteiger partial charge in [-0.25, -0.2) is 4.39 Å². The molecule has 0 aliphatic rings. The van der Waals surface area contributed by atoms with E-state index < -0.39 is 17.3 Å². The Balaban J connectivity index is 2.53. The molecule has 0 aliphatic heterocycles. The van der Waals surface area contributed by atoms with E-state index in [2.05, 4.69) is 5.32 Å². The number of likely N-dealkylation sites (N-methyl/N-ethyl adjacent to an activating group) is 1. The monoisotopic (exact) mass is 240 g/mol. The summed E-state index contributed by atoms with van der Waals surface area (Å²) in [4.78, 5) is 11.2. The third-order valence-electron chi connectivity index (χ3n) is 2.79. The Labute approximate surface area is 100.0 Å². The second kappa shape index (κ2) is 5.63. The van der Waals surface area contributed by atoms with Crippen molar-refractivity contribution in [3.05, 3.63) is 30.1 Å². The first-order chi connectivity index (χ1) is 7.99. The summed E-state index contributed by atoms with van der Waals surface area (Å²) in [5.41, 5.74) is 4.42. The zero-order valence-electron chi connectivity index (χ0n) is 10.00. The van der Waals surface area contributed by atoms with Gasteiger partial charge < -0.3 is 15.8 Å². The van der Waals surface area contributed by atoms with Crippen molar-refractivity contribution in [3.8, 4) is 5.75 Å². The van der Waals surface area contributed by atoms with Crippen LogP contribution < -0.4 is 15.8 Å². The third-order valence-corrected chi connectivity index (χ3v) is 2.79. The van der Waals surface area contributed by atoms with Crippen LogP contribution in [-0.4, -0.2) is 25.1 Å². The van der Waals surface area contributed by atoms with Crippen molar-refractivity contribution in [2.45, 2.75) is 18.9 Å². The molecule has 1 aromatic carbocycles. The van der Waals surface area contributed by atoms with Gasteiger partial charge >= 0.3 is 0 Å². The van der Waals surface area contributed by atoms with Crippen LogP contribution in [0, 0.1) is 5.82 Å². The molecule has 0 aliphatic carbocycles. The largest absolute Gasteiger partial charge is 0.490 e. The van der Waals surface area contributed by atoms with Crippen LogP contribution in [0.3, 0.4) is 0 Å². The molecule has 0 aromatic heterocycles. The highest BCUT2D eigenvalue weighted by molar-refractivity contribution is 5.84. The van der Waals surface area contributed by atoms with Gasteiger partial charge in [-0.2, -0.15) is 0 Å². The van der Waals surface area contributed by atoms with Gasteiger partial charge in [-0.3, -0.25) is 4.79 Å². The second-order valence-electron chi connectivity index (χ2n) is 3.98. The van der Waals surface area contributed by atoms with E-state index in [1.54, 1.807) is 26.1 Å². The first-order valence-electron chi connectivity index (χ1n) is 5.36. The highest BCUT2D eigenvalue weighted by Gasteiger charge is 2.28. The highest BCUT2D eigenvalue weighted by Crippen LogP contribution is 2.17. The second-order valence-corrected chi connectivity index (χ2v) is 3.98. The summed E-state index contributed by atoms with van der Waals surface area (Å²) in [7, 11) is 1.65. The van der Waals surface area contributed by atoms with Crippen LogP contribution in [0.4, 0.5) is 4.39 Å². The number of halogens is 1. The summed E-state index contributed by atoms with van der Waals surface area (Å²) in [5.74, 6) is -0.703.